The molecule has 1 aromatic heterocycles. The van der Waals surface area contributed by atoms with Gasteiger partial charge in [0.25, 0.3) is 5.56 Å². The molecule has 1 saturated heterocycles. The monoisotopic (exact) mass is 381 g/mol. The molecular formula is C21H23N3O4. The molecule has 1 aliphatic heterocycles. The van der Waals surface area contributed by atoms with E-state index in [0.29, 0.717) is 35.6 Å². The summed E-state index contributed by atoms with van der Waals surface area (Å²) in [5.41, 5.74) is 8.89. The summed E-state index contributed by atoms with van der Waals surface area (Å²) >= 11 is 0. The van der Waals surface area contributed by atoms with Gasteiger partial charge in [0.15, 0.2) is 5.56 Å². The molecule has 0 radical (unpaired) electrons. The van der Waals surface area contributed by atoms with Crippen LogP contribution in [0.2, 0.25) is 0 Å². The summed E-state index contributed by atoms with van der Waals surface area (Å²) in [6.07, 6.45) is 3.17. The number of fused-ring (bicyclic) bond motifs is 4. The first-order valence-corrected chi connectivity index (χ1v) is 9.81. The summed E-state index contributed by atoms with van der Waals surface area (Å²) in [4.78, 5) is 28.8. The first-order chi connectivity index (χ1) is 13.5. The van der Waals surface area contributed by atoms with Crippen LogP contribution in [0.1, 0.15) is 34.3 Å². The fraction of sp³-hybridized carbons (Fsp3) is 0.429. The van der Waals surface area contributed by atoms with Crippen LogP contribution in [-0.4, -0.2) is 40.3 Å². The van der Waals surface area contributed by atoms with E-state index in [-0.39, 0.29) is 0 Å². The minimum absolute atomic E-state index is 0.351. The SMILES string of the molecule is N[C@@H]1[C@H]2CN(c3ccc4c(c3)CCCCc3c-4[nH]c(=O)c(C(=O)O)c3O)C[C@@H]12. The van der Waals surface area contributed by atoms with Gasteiger partial charge in [-0.2, -0.15) is 0 Å². The van der Waals surface area contributed by atoms with Crippen LogP contribution in [0.4, 0.5) is 5.69 Å². The number of carboxylic acid groups (broad SMARTS) is 1. The number of aromatic hydroxyl groups is 1. The number of nitrogens with one attached hydrogen (secondary N) is 1. The first kappa shape index (κ1) is 17.3. The Hall–Kier alpha value is -2.80. The fourth-order valence-corrected chi connectivity index (χ4v) is 4.93. The number of hydrogen-bond donors (Lipinski definition) is 4. The lowest BCUT2D eigenvalue weighted by atomic mass is 9.89. The zero-order valence-electron chi connectivity index (χ0n) is 15.4. The summed E-state index contributed by atoms with van der Waals surface area (Å²) in [5, 5.41) is 19.8. The predicted molar refractivity (Wildman–Crippen MR) is 105 cm³/mol. The number of nitrogens with zero attached hydrogens (tertiary/aromatic N) is 1. The first-order valence-electron chi connectivity index (χ1n) is 9.81. The molecule has 0 spiro atoms. The number of nitrogens with two attached hydrogens (primary N) is 1. The maximum absolute atomic E-state index is 12.3. The molecule has 5 rings (SSSR count). The van der Waals surface area contributed by atoms with Crippen LogP contribution in [0.25, 0.3) is 11.3 Å². The third-order valence-corrected chi connectivity index (χ3v) is 6.61. The van der Waals surface area contributed by atoms with Crippen LogP contribution in [0.5, 0.6) is 5.75 Å². The second-order valence-corrected chi connectivity index (χ2v) is 8.20. The topological polar surface area (TPSA) is 120 Å². The molecule has 2 heterocycles. The van der Waals surface area contributed by atoms with Gasteiger partial charge in [-0.15, -0.1) is 0 Å². The number of piperidine rings is 1. The van der Waals surface area contributed by atoms with E-state index in [4.69, 9.17) is 5.73 Å². The largest absolute Gasteiger partial charge is 0.506 e. The Morgan fingerprint density at radius 2 is 1.89 bits per heavy atom. The molecule has 1 aromatic carbocycles. The van der Waals surface area contributed by atoms with E-state index in [9.17, 15) is 19.8 Å². The van der Waals surface area contributed by atoms with Crippen molar-refractivity contribution in [1.82, 2.24) is 4.98 Å². The number of aromatic carboxylic acids is 1. The average molecular weight is 381 g/mol. The van der Waals surface area contributed by atoms with Crippen molar-refractivity contribution in [2.24, 2.45) is 17.6 Å². The Morgan fingerprint density at radius 3 is 2.61 bits per heavy atom. The van der Waals surface area contributed by atoms with Gasteiger partial charge in [-0.25, -0.2) is 4.79 Å². The molecular weight excluding hydrogens is 358 g/mol. The number of aryl methyl sites for hydroxylation is 1. The average Bonchev–Trinajstić information content (AvgIpc) is 3.03. The molecule has 5 N–H and O–H groups in total. The minimum atomic E-state index is -1.41. The normalized spacial score (nSPS) is 25.3. The van der Waals surface area contributed by atoms with Crippen LogP contribution >= 0.6 is 0 Å². The number of H-pyrrole nitrogens is 1. The van der Waals surface area contributed by atoms with Crippen LogP contribution in [-0.2, 0) is 12.8 Å². The molecule has 0 bridgehead atoms. The van der Waals surface area contributed by atoms with Gasteiger partial charge in [-0.3, -0.25) is 4.79 Å². The predicted octanol–water partition coefficient (Wildman–Crippen LogP) is 1.72. The Labute approximate surface area is 161 Å². The number of carbonyl (C=O) groups is 1. The van der Waals surface area contributed by atoms with E-state index in [2.05, 4.69) is 16.0 Å². The maximum atomic E-state index is 12.3. The Kier molecular flexibility index (Phi) is 3.77. The van der Waals surface area contributed by atoms with Crippen LogP contribution in [0, 0.1) is 11.8 Å². The molecule has 7 heteroatoms. The van der Waals surface area contributed by atoms with E-state index >= 15 is 0 Å². The number of anilines is 1. The summed E-state index contributed by atoms with van der Waals surface area (Å²) in [6, 6.07) is 6.54. The van der Waals surface area contributed by atoms with Crippen molar-refractivity contribution in [3.8, 4) is 17.0 Å². The van der Waals surface area contributed by atoms with E-state index in [1.54, 1.807) is 0 Å². The smallest absolute Gasteiger partial charge is 0.345 e. The van der Waals surface area contributed by atoms with Crippen molar-refractivity contribution in [3.05, 3.63) is 45.2 Å². The number of benzene rings is 1. The zero-order chi connectivity index (χ0) is 19.6. The molecule has 28 heavy (non-hydrogen) atoms. The number of pyridine rings is 1. The molecule has 2 aromatic rings. The van der Waals surface area contributed by atoms with Gasteiger partial charge < -0.3 is 25.8 Å². The molecule has 2 aliphatic carbocycles. The second kappa shape index (κ2) is 6.10. The van der Waals surface area contributed by atoms with Crippen LogP contribution in [0.15, 0.2) is 23.0 Å². The molecule has 2 fully saturated rings. The van der Waals surface area contributed by atoms with Gasteiger partial charge in [-0.05, 0) is 55.2 Å². The summed E-state index contributed by atoms with van der Waals surface area (Å²) < 4.78 is 0. The quantitative estimate of drug-likeness (QED) is 0.629. The second-order valence-electron chi connectivity index (χ2n) is 8.20. The molecule has 1 saturated carbocycles. The highest BCUT2D eigenvalue weighted by Gasteiger charge is 2.53. The number of aromatic nitrogens is 1. The Bertz CT molecular complexity index is 1030. The van der Waals surface area contributed by atoms with E-state index < -0.39 is 22.8 Å². The molecule has 146 valence electrons. The fourth-order valence-electron chi connectivity index (χ4n) is 4.93. The van der Waals surface area contributed by atoms with E-state index in [0.717, 1.165) is 49.2 Å². The van der Waals surface area contributed by atoms with Gasteiger partial charge >= 0.3 is 5.97 Å². The number of aromatic amines is 1. The number of rotatable bonds is 2. The molecule has 3 aliphatic rings. The summed E-state index contributed by atoms with van der Waals surface area (Å²) in [5.74, 6) is -0.613. The molecule has 3 atom stereocenters. The third kappa shape index (κ3) is 2.53. The molecule has 0 unspecified atom stereocenters. The highest BCUT2D eigenvalue weighted by molar-refractivity contribution is 5.92. The van der Waals surface area contributed by atoms with Gasteiger partial charge in [0.2, 0.25) is 0 Å². The summed E-state index contributed by atoms with van der Waals surface area (Å²) in [6.45, 7) is 1.97. The number of hydrogen-bond acceptors (Lipinski definition) is 5. The maximum Gasteiger partial charge on any atom is 0.345 e. The van der Waals surface area contributed by atoms with Gasteiger partial charge in [0.1, 0.15) is 5.75 Å². The van der Waals surface area contributed by atoms with Crippen molar-refractivity contribution in [2.45, 2.75) is 31.7 Å². The van der Waals surface area contributed by atoms with Crippen LogP contribution in [0.3, 0.4) is 0 Å². The Balaban J connectivity index is 1.59. The van der Waals surface area contributed by atoms with Gasteiger partial charge in [0, 0.05) is 35.9 Å². The van der Waals surface area contributed by atoms with Crippen molar-refractivity contribution in [2.75, 3.05) is 18.0 Å². The molecule has 7 nitrogen and oxygen atoms in total. The van der Waals surface area contributed by atoms with Gasteiger partial charge in [0.05, 0.1) is 5.69 Å². The third-order valence-electron chi connectivity index (χ3n) is 6.61. The van der Waals surface area contributed by atoms with Crippen LogP contribution < -0.4 is 16.2 Å². The summed E-state index contributed by atoms with van der Waals surface area (Å²) in [7, 11) is 0. The van der Waals surface area contributed by atoms with Crippen molar-refractivity contribution in [3.63, 3.8) is 0 Å². The lowest BCUT2D eigenvalue weighted by Crippen LogP contribution is -2.28. The van der Waals surface area contributed by atoms with E-state index in [1.807, 2.05) is 12.1 Å². The van der Waals surface area contributed by atoms with Crippen molar-refractivity contribution < 1.29 is 15.0 Å². The zero-order valence-corrected chi connectivity index (χ0v) is 15.4. The van der Waals surface area contributed by atoms with Crippen molar-refractivity contribution in [1.29, 1.82) is 0 Å². The Morgan fingerprint density at radius 1 is 1.18 bits per heavy atom. The van der Waals surface area contributed by atoms with Crippen molar-refractivity contribution >= 4 is 11.7 Å². The highest BCUT2D eigenvalue weighted by atomic mass is 16.4. The lowest BCUT2D eigenvalue weighted by molar-refractivity contribution is 0.0691. The minimum Gasteiger partial charge on any atom is -0.506 e. The molecule has 0 amide bonds. The standard InChI is InChI=1S/C21H23N3O4/c22-17-14-8-24(9-15(14)17)11-5-6-12-10(7-11)3-1-2-4-13-18(12)23-20(26)16(19(13)25)21(27)28/h5-7,14-15,17H,1-4,8-9,22H2,(H,27,28)(H2,23,25,26)/t14-,15+,17+. The number of carboxylic acids is 1. The van der Waals surface area contributed by atoms with E-state index in [1.165, 1.54) is 0 Å². The van der Waals surface area contributed by atoms with Gasteiger partial charge in [-0.1, -0.05) is 6.07 Å². The lowest BCUT2D eigenvalue weighted by Gasteiger charge is -2.24. The highest BCUT2D eigenvalue weighted by Crippen LogP contribution is 2.46.